The Morgan fingerprint density at radius 1 is 1.40 bits per heavy atom. The van der Waals surface area contributed by atoms with Crippen LogP contribution in [0.25, 0.3) is 0 Å². The summed E-state index contributed by atoms with van der Waals surface area (Å²) in [5.41, 5.74) is 3.15. The normalized spacial score (nSPS) is 11.9. The maximum absolute atomic E-state index is 11.4. The van der Waals surface area contributed by atoms with Crippen molar-refractivity contribution in [3.05, 3.63) is 47.8 Å². The van der Waals surface area contributed by atoms with Gasteiger partial charge < -0.3 is 10.2 Å². The van der Waals surface area contributed by atoms with Gasteiger partial charge in [0.2, 0.25) is 5.91 Å². The van der Waals surface area contributed by atoms with Gasteiger partial charge in [0.25, 0.3) is 0 Å². The zero-order chi connectivity index (χ0) is 14.5. The lowest BCUT2D eigenvalue weighted by atomic mass is 10.1. The molecule has 0 aliphatic carbocycles. The fraction of sp³-hybridized carbons (Fsp3) is 0.333. The van der Waals surface area contributed by atoms with Gasteiger partial charge in [-0.1, -0.05) is 18.2 Å². The van der Waals surface area contributed by atoms with Crippen molar-refractivity contribution in [2.45, 2.75) is 26.4 Å². The molecular formula is C15H20N4O. The lowest BCUT2D eigenvalue weighted by Crippen LogP contribution is -2.23. The standard InChI is InChI=1S/C15H20N4O/c1-11(14-8-9-16-18-14)17-15-7-5-4-6-13(15)10-19(3)12(2)20/h4-9,11,17H,10H2,1-3H3,(H,16,18). The van der Waals surface area contributed by atoms with Crippen LogP contribution in [0.3, 0.4) is 0 Å². The molecule has 20 heavy (non-hydrogen) atoms. The van der Waals surface area contributed by atoms with Crippen molar-refractivity contribution >= 4 is 11.6 Å². The van der Waals surface area contributed by atoms with Crippen LogP contribution in [-0.4, -0.2) is 28.1 Å². The van der Waals surface area contributed by atoms with E-state index in [1.54, 1.807) is 25.1 Å². The number of nitrogens with one attached hydrogen (secondary N) is 2. The summed E-state index contributed by atoms with van der Waals surface area (Å²) in [4.78, 5) is 13.1. The maximum Gasteiger partial charge on any atom is 0.219 e. The SMILES string of the molecule is CC(=O)N(C)Cc1ccccc1NC(C)c1ccn[nH]1. The van der Waals surface area contributed by atoms with E-state index in [9.17, 15) is 4.79 Å². The molecule has 0 fully saturated rings. The number of aromatic amines is 1. The van der Waals surface area contributed by atoms with Gasteiger partial charge in [-0.3, -0.25) is 9.89 Å². The largest absolute Gasteiger partial charge is 0.377 e. The molecule has 2 aromatic rings. The van der Waals surface area contributed by atoms with E-state index in [0.717, 1.165) is 16.9 Å². The zero-order valence-corrected chi connectivity index (χ0v) is 12.1. The number of hydrogen-bond donors (Lipinski definition) is 2. The van der Waals surface area contributed by atoms with Crippen LogP contribution in [0.1, 0.15) is 31.1 Å². The molecular weight excluding hydrogens is 252 g/mol. The Hall–Kier alpha value is -2.30. The van der Waals surface area contributed by atoms with E-state index < -0.39 is 0 Å². The van der Waals surface area contributed by atoms with Crippen LogP contribution in [0, 0.1) is 0 Å². The van der Waals surface area contributed by atoms with Crippen molar-refractivity contribution in [2.24, 2.45) is 0 Å². The minimum atomic E-state index is 0.0569. The van der Waals surface area contributed by atoms with Crippen LogP contribution < -0.4 is 5.32 Å². The molecule has 0 saturated carbocycles. The van der Waals surface area contributed by atoms with Crippen molar-refractivity contribution in [1.29, 1.82) is 0 Å². The molecule has 5 heteroatoms. The minimum absolute atomic E-state index is 0.0569. The highest BCUT2D eigenvalue weighted by atomic mass is 16.2. The molecule has 0 aliphatic heterocycles. The summed E-state index contributed by atoms with van der Waals surface area (Å²) in [7, 11) is 1.80. The fourth-order valence-electron chi connectivity index (χ4n) is 1.98. The lowest BCUT2D eigenvalue weighted by Gasteiger charge is -2.20. The number of carbonyl (C=O) groups is 1. The Labute approximate surface area is 119 Å². The van der Waals surface area contributed by atoms with E-state index in [4.69, 9.17) is 0 Å². The smallest absolute Gasteiger partial charge is 0.219 e. The van der Waals surface area contributed by atoms with Crippen LogP contribution in [0.15, 0.2) is 36.5 Å². The third-order valence-corrected chi connectivity index (χ3v) is 3.32. The second-order valence-electron chi connectivity index (χ2n) is 4.91. The van der Waals surface area contributed by atoms with Crippen molar-refractivity contribution in [3.8, 4) is 0 Å². The molecule has 106 valence electrons. The van der Waals surface area contributed by atoms with Crippen LogP contribution in [0.2, 0.25) is 0 Å². The number of benzene rings is 1. The Morgan fingerprint density at radius 3 is 2.80 bits per heavy atom. The highest BCUT2D eigenvalue weighted by Gasteiger charge is 2.11. The Balaban J connectivity index is 2.13. The molecule has 1 atom stereocenters. The minimum Gasteiger partial charge on any atom is -0.377 e. The Bertz CT molecular complexity index is 565. The van der Waals surface area contributed by atoms with Crippen molar-refractivity contribution in [1.82, 2.24) is 15.1 Å². The van der Waals surface area contributed by atoms with Crippen molar-refractivity contribution in [3.63, 3.8) is 0 Å². The average molecular weight is 272 g/mol. The number of amides is 1. The first-order chi connectivity index (χ1) is 9.58. The Morgan fingerprint density at radius 2 is 2.15 bits per heavy atom. The Kier molecular flexibility index (Phi) is 4.40. The molecule has 1 aromatic heterocycles. The quantitative estimate of drug-likeness (QED) is 0.879. The highest BCUT2D eigenvalue weighted by Crippen LogP contribution is 2.22. The van der Waals surface area contributed by atoms with E-state index >= 15 is 0 Å². The van der Waals surface area contributed by atoms with Gasteiger partial charge in [0.05, 0.1) is 11.7 Å². The molecule has 1 unspecified atom stereocenters. The summed E-state index contributed by atoms with van der Waals surface area (Å²) in [5.74, 6) is 0.0569. The average Bonchev–Trinajstić information content (AvgIpc) is 2.94. The monoisotopic (exact) mass is 272 g/mol. The first kappa shape index (κ1) is 14.1. The number of anilines is 1. The molecule has 0 aliphatic rings. The summed E-state index contributed by atoms with van der Waals surface area (Å²) in [6, 6.07) is 10.1. The van der Waals surface area contributed by atoms with Crippen LogP contribution in [0.5, 0.6) is 0 Å². The van der Waals surface area contributed by atoms with Gasteiger partial charge >= 0.3 is 0 Å². The molecule has 0 radical (unpaired) electrons. The summed E-state index contributed by atoms with van der Waals surface area (Å²) in [6.07, 6.45) is 1.74. The third-order valence-electron chi connectivity index (χ3n) is 3.32. The van der Waals surface area contributed by atoms with Crippen LogP contribution in [-0.2, 0) is 11.3 Å². The van der Waals surface area contributed by atoms with Crippen molar-refractivity contribution in [2.75, 3.05) is 12.4 Å². The van der Waals surface area contributed by atoms with Crippen LogP contribution >= 0.6 is 0 Å². The number of H-pyrrole nitrogens is 1. The highest BCUT2D eigenvalue weighted by molar-refractivity contribution is 5.73. The summed E-state index contributed by atoms with van der Waals surface area (Å²) in [5, 5.41) is 10.4. The molecule has 2 N–H and O–H groups in total. The van der Waals surface area contributed by atoms with Gasteiger partial charge in [0.15, 0.2) is 0 Å². The van der Waals surface area contributed by atoms with Gasteiger partial charge in [-0.25, -0.2) is 0 Å². The van der Waals surface area contributed by atoms with E-state index in [-0.39, 0.29) is 11.9 Å². The van der Waals surface area contributed by atoms with E-state index in [2.05, 4.69) is 22.4 Å². The zero-order valence-electron chi connectivity index (χ0n) is 12.1. The van der Waals surface area contributed by atoms with Gasteiger partial charge in [-0.05, 0) is 24.6 Å². The third kappa shape index (κ3) is 3.38. The number of nitrogens with zero attached hydrogens (tertiary/aromatic N) is 2. The van der Waals surface area contributed by atoms with E-state index in [1.165, 1.54) is 0 Å². The first-order valence-corrected chi connectivity index (χ1v) is 6.63. The van der Waals surface area contributed by atoms with Crippen molar-refractivity contribution < 1.29 is 4.79 Å². The molecule has 1 amide bonds. The topological polar surface area (TPSA) is 61.0 Å². The summed E-state index contributed by atoms with van der Waals surface area (Å²) in [6.45, 7) is 4.23. The number of carbonyl (C=O) groups excluding carboxylic acids is 1. The van der Waals surface area contributed by atoms with Gasteiger partial charge in [0.1, 0.15) is 0 Å². The molecule has 1 heterocycles. The number of para-hydroxylation sites is 1. The number of rotatable bonds is 5. The first-order valence-electron chi connectivity index (χ1n) is 6.63. The van der Waals surface area contributed by atoms with E-state index in [0.29, 0.717) is 6.54 Å². The summed E-state index contributed by atoms with van der Waals surface area (Å²) < 4.78 is 0. The second kappa shape index (κ2) is 6.23. The number of hydrogen-bond acceptors (Lipinski definition) is 3. The number of aromatic nitrogens is 2. The summed E-state index contributed by atoms with van der Waals surface area (Å²) >= 11 is 0. The predicted octanol–water partition coefficient (Wildman–Crippen LogP) is 2.56. The van der Waals surface area contributed by atoms with Gasteiger partial charge in [-0.15, -0.1) is 0 Å². The van der Waals surface area contributed by atoms with Gasteiger partial charge in [0, 0.05) is 32.4 Å². The second-order valence-corrected chi connectivity index (χ2v) is 4.91. The van der Waals surface area contributed by atoms with Crippen LogP contribution in [0.4, 0.5) is 5.69 Å². The van der Waals surface area contributed by atoms with Gasteiger partial charge in [-0.2, -0.15) is 5.10 Å². The van der Waals surface area contributed by atoms with E-state index in [1.807, 2.05) is 30.3 Å². The predicted molar refractivity (Wildman–Crippen MR) is 79.2 cm³/mol. The maximum atomic E-state index is 11.4. The fourth-order valence-corrected chi connectivity index (χ4v) is 1.98. The molecule has 0 saturated heterocycles. The lowest BCUT2D eigenvalue weighted by molar-refractivity contribution is -0.128. The molecule has 1 aromatic carbocycles. The molecule has 0 spiro atoms. The molecule has 0 bridgehead atoms. The molecule has 2 rings (SSSR count). The molecule has 5 nitrogen and oxygen atoms in total.